The molecule has 0 aromatic heterocycles. The number of allylic oxidation sites excluding steroid dienone is 6. The Labute approximate surface area is 98.3 Å². The highest BCUT2D eigenvalue weighted by Gasteiger charge is 2.02. The van der Waals surface area contributed by atoms with Crippen LogP contribution in [-0.4, -0.2) is 0 Å². The van der Waals surface area contributed by atoms with Crippen molar-refractivity contribution in [2.24, 2.45) is 0 Å². The molecule has 82 valence electrons. The van der Waals surface area contributed by atoms with Crippen LogP contribution in [-0.2, 0) is 0 Å². The van der Waals surface area contributed by atoms with E-state index in [0.29, 0.717) is 0 Å². The fraction of sp³-hybridized carbons (Fsp3) is 0.125. The Bertz CT molecular complexity index is 428. The first-order valence-corrected chi connectivity index (χ1v) is 5.41. The van der Waals surface area contributed by atoms with Crippen LogP contribution in [0, 0.1) is 6.92 Å². The van der Waals surface area contributed by atoms with Gasteiger partial charge >= 0.3 is 0 Å². The second kappa shape index (κ2) is 5.92. The molecule has 0 aliphatic rings. The van der Waals surface area contributed by atoms with Crippen LogP contribution in [0.2, 0.25) is 0 Å². The van der Waals surface area contributed by atoms with Crippen molar-refractivity contribution in [1.82, 2.24) is 0 Å². The highest BCUT2D eigenvalue weighted by atomic mass is 14.1. The first-order chi connectivity index (χ1) is 7.72. The predicted molar refractivity (Wildman–Crippen MR) is 73.3 cm³/mol. The predicted octanol–water partition coefficient (Wildman–Crippen LogP) is 4.70. The molecule has 0 spiro atoms. The SMILES string of the molecule is C=C/C=C(C=C)/C(=C\C)c1ccc(C)cc1. The minimum atomic E-state index is 1.10. The topological polar surface area (TPSA) is 0 Å². The smallest absolute Gasteiger partial charge is 0.0154 e. The van der Waals surface area contributed by atoms with Gasteiger partial charge in [0.05, 0.1) is 0 Å². The van der Waals surface area contributed by atoms with E-state index in [0.717, 1.165) is 5.57 Å². The summed E-state index contributed by atoms with van der Waals surface area (Å²) in [6.07, 6.45) is 7.72. The highest BCUT2D eigenvalue weighted by molar-refractivity contribution is 5.81. The highest BCUT2D eigenvalue weighted by Crippen LogP contribution is 2.24. The third-order valence-corrected chi connectivity index (χ3v) is 2.48. The van der Waals surface area contributed by atoms with Crippen molar-refractivity contribution in [2.45, 2.75) is 13.8 Å². The van der Waals surface area contributed by atoms with Gasteiger partial charge in [0.2, 0.25) is 0 Å². The summed E-state index contributed by atoms with van der Waals surface area (Å²) < 4.78 is 0. The molecule has 0 aliphatic heterocycles. The normalized spacial score (nSPS) is 12.4. The van der Waals surface area contributed by atoms with Crippen LogP contribution in [0.15, 0.2) is 67.3 Å². The zero-order chi connectivity index (χ0) is 12.0. The van der Waals surface area contributed by atoms with Crippen molar-refractivity contribution in [1.29, 1.82) is 0 Å². The van der Waals surface area contributed by atoms with Crippen LogP contribution in [0.3, 0.4) is 0 Å². The van der Waals surface area contributed by atoms with Crippen molar-refractivity contribution < 1.29 is 0 Å². The maximum atomic E-state index is 3.83. The van der Waals surface area contributed by atoms with E-state index in [1.54, 1.807) is 6.08 Å². The Balaban J connectivity index is 3.17. The van der Waals surface area contributed by atoms with Gasteiger partial charge in [-0.05, 0) is 30.6 Å². The molecule has 1 aromatic carbocycles. The molecule has 0 atom stereocenters. The van der Waals surface area contributed by atoms with E-state index in [-0.39, 0.29) is 0 Å². The van der Waals surface area contributed by atoms with Crippen molar-refractivity contribution in [3.8, 4) is 0 Å². The molecule has 0 amide bonds. The lowest BCUT2D eigenvalue weighted by atomic mass is 9.96. The van der Waals surface area contributed by atoms with Gasteiger partial charge in [0.15, 0.2) is 0 Å². The lowest BCUT2D eigenvalue weighted by molar-refractivity contribution is 1.44. The average Bonchev–Trinajstić information content (AvgIpc) is 2.31. The molecular weight excluding hydrogens is 192 g/mol. The fourth-order valence-electron chi connectivity index (χ4n) is 1.63. The Morgan fingerprint density at radius 2 is 1.75 bits per heavy atom. The van der Waals surface area contributed by atoms with Gasteiger partial charge in [0.25, 0.3) is 0 Å². The van der Waals surface area contributed by atoms with Gasteiger partial charge in [-0.1, -0.05) is 67.3 Å². The van der Waals surface area contributed by atoms with Crippen molar-refractivity contribution in [2.75, 3.05) is 0 Å². The molecule has 16 heavy (non-hydrogen) atoms. The van der Waals surface area contributed by atoms with Gasteiger partial charge in [-0.15, -0.1) is 0 Å². The molecule has 0 radical (unpaired) electrons. The van der Waals surface area contributed by atoms with E-state index >= 15 is 0 Å². The molecule has 0 aliphatic carbocycles. The summed E-state index contributed by atoms with van der Waals surface area (Å²) in [5.41, 5.74) is 4.77. The van der Waals surface area contributed by atoms with Crippen molar-refractivity contribution >= 4 is 5.57 Å². The monoisotopic (exact) mass is 210 g/mol. The number of rotatable bonds is 4. The van der Waals surface area contributed by atoms with Crippen LogP contribution < -0.4 is 0 Å². The first-order valence-electron chi connectivity index (χ1n) is 5.41. The van der Waals surface area contributed by atoms with E-state index in [1.807, 2.05) is 19.1 Å². The third-order valence-electron chi connectivity index (χ3n) is 2.48. The molecule has 0 heterocycles. The van der Waals surface area contributed by atoms with E-state index in [2.05, 4.69) is 50.4 Å². The Kier molecular flexibility index (Phi) is 4.53. The molecule has 0 unspecified atom stereocenters. The van der Waals surface area contributed by atoms with Crippen molar-refractivity contribution in [3.63, 3.8) is 0 Å². The van der Waals surface area contributed by atoms with Gasteiger partial charge in [-0.2, -0.15) is 0 Å². The number of hydrogen-bond donors (Lipinski definition) is 0. The summed E-state index contributed by atoms with van der Waals surface area (Å²) in [6.45, 7) is 11.7. The van der Waals surface area contributed by atoms with Gasteiger partial charge in [0, 0.05) is 0 Å². The zero-order valence-electron chi connectivity index (χ0n) is 10.0. The molecule has 1 aromatic rings. The minimum Gasteiger partial charge on any atom is -0.0990 e. The molecule has 0 saturated heterocycles. The molecule has 0 nitrogen and oxygen atoms in total. The third kappa shape index (κ3) is 2.83. The molecule has 0 N–H and O–H groups in total. The molecular formula is C16H18. The lowest BCUT2D eigenvalue weighted by Gasteiger charge is -2.08. The van der Waals surface area contributed by atoms with E-state index in [9.17, 15) is 0 Å². The maximum Gasteiger partial charge on any atom is -0.0154 e. The molecule has 0 fully saturated rings. The quantitative estimate of drug-likeness (QED) is 0.632. The van der Waals surface area contributed by atoms with Crippen molar-refractivity contribution in [3.05, 3.63) is 78.4 Å². The molecule has 0 saturated carbocycles. The molecule has 0 heteroatoms. The number of aryl methyl sites for hydroxylation is 1. The van der Waals surface area contributed by atoms with E-state index < -0.39 is 0 Å². The lowest BCUT2D eigenvalue weighted by Crippen LogP contribution is -1.87. The van der Waals surface area contributed by atoms with Crippen LogP contribution in [0.5, 0.6) is 0 Å². The fourth-order valence-corrected chi connectivity index (χ4v) is 1.63. The minimum absolute atomic E-state index is 1.10. The van der Waals surface area contributed by atoms with Crippen LogP contribution in [0.4, 0.5) is 0 Å². The van der Waals surface area contributed by atoms with Crippen LogP contribution in [0.25, 0.3) is 5.57 Å². The van der Waals surface area contributed by atoms with Gasteiger partial charge in [-0.3, -0.25) is 0 Å². The van der Waals surface area contributed by atoms with Gasteiger partial charge < -0.3 is 0 Å². The number of benzene rings is 1. The average molecular weight is 210 g/mol. The number of hydrogen-bond acceptors (Lipinski definition) is 0. The van der Waals surface area contributed by atoms with Gasteiger partial charge in [-0.25, -0.2) is 0 Å². The van der Waals surface area contributed by atoms with E-state index in [4.69, 9.17) is 0 Å². The second-order valence-corrected chi connectivity index (χ2v) is 3.63. The Hall–Kier alpha value is -1.82. The summed E-state index contributed by atoms with van der Waals surface area (Å²) in [7, 11) is 0. The zero-order valence-corrected chi connectivity index (χ0v) is 10.0. The Morgan fingerprint density at radius 1 is 1.12 bits per heavy atom. The second-order valence-electron chi connectivity index (χ2n) is 3.63. The largest absolute Gasteiger partial charge is 0.0990 e. The molecule has 1 rings (SSSR count). The standard InChI is InChI=1S/C16H18/c1-5-8-14(6-2)16(7-3)15-11-9-13(4)10-12-15/h5-12H,1-2H2,3-4H3/b14-8+,16-7+. The summed E-state index contributed by atoms with van der Waals surface area (Å²) in [6, 6.07) is 8.50. The van der Waals surface area contributed by atoms with E-state index in [1.165, 1.54) is 16.7 Å². The molecule has 0 bridgehead atoms. The van der Waals surface area contributed by atoms with Gasteiger partial charge in [0.1, 0.15) is 0 Å². The summed E-state index contributed by atoms with van der Waals surface area (Å²) in [5.74, 6) is 0. The summed E-state index contributed by atoms with van der Waals surface area (Å²) in [4.78, 5) is 0. The maximum absolute atomic E-state index is 3.83. The first kappa shape index (κ1) is 12.3. The van der Waals surface area contributed by atoms with Crippen LogP contribution >= 0.6 is 0 Å². The Morgan fingerprint density at radius 3 is 2.19 bits per heavy atom. The van der Waals surface area contributed by atoms with Crippen LogP contribution in [0.1, 0.15) is 18.1 Å². The summed E-state index contributed by atoms with van der Waals surface area (Å²) in [5, 5.41) is 0. The summed E-state index contributed by atoms with van der Waals surface area (Å²) >= 11 is 0.